The Morgan fingerprint density at radius 3 is 1.82 bits per heavy atom. The molecule has 0 radical (unpaired) electrons. The molecular weight excluding hydrogens is 259 g/mol. The molecule has 1 N–H and O–H groups in total. The van der Waals surface area contributed by atoms with Crippen LogP contribution in [-0.4, -0.2) is 30.7 Å². The van der Waals surface area contributed by atoms with E-state index in [1.54, 1.807) is 20.3 Å². The van der Waals surface area contributed by atoms with Crippen molar-refractivity contribution >= 4 is 26.5 Å². The molecule has 11 heavy (non-hydrogen) atoms. The zero-order valence-electron chi connectivity index (χ0n) is 7.05. The average molecular weight is 272 g/mol. The minimum absolute atomic E-state index is 0.421. The Balaban J connectivity index is 0. The Morgan fingerprint density at radius 2 is 1.82 bits per heavy atom. The Labute approximate surface area is 83.7 Å². The molecule has 2 nitrogen and oxygen atoms in total. The van der Waals surface area contributed by atoms with Crippen LogP contribution in [0.15, 0.2) is 0 Å². The van der Waals surface area contributed by atoms with E-state index in [2.05, 4.69) is 0 Å². The molecule has 66 valence electrons. The minimum atomic E-state index is -1.97. The molecule has 0 bridgehead atoms. The van der Waals surface area contributed by atoms with E-state index in [4.69, 9.17) is 24.5 Å². The number of rotatable bonds is 2. The molecule has 0 unspecified atom stereocenters. The van der Waals surface area contributed by atoms with Crippen LogP contribution in [0.2, 0.25) is 0 Å². The first-order valence-corrected chi connectivity index (χ1v) is 13.8. The van der Waals surface area contributed by atoms with Crippen molar-refractivity contribution in [3.8, 4) is 0 Å². The van der Waals surface area contributed by atoms with Crippen LogP contribution in [0.3, 0.4) is 0 Å². The summed E-state index contributed by atoms with van der Waals surface area (Å²) in [6.45, 7) is 5.01. The monoisotopic (exact) mass is 270 g/mol. The third-order valence-corrected chi connectivity index (χ3v) is 2.11. The first kappa shape index (κ1) is 14.9. The molecule has 0 rings (SSSR count). The van der Waals surface area contributed by atoms with Gasteiger partial charge in [-0.25, -0.2) is 0 Å². The van der Waals surface area contributed by atoms with Gasteiger partial charge in [0.25, 0.3) is 0 Å². The number of halogens is 2. The van der Waals surface area contributed by atoms with E-state index in [0.29, 0.717) is 6.16 Å². The fourth-order valence-corrected chi connectivity index (χ4v) is 1.91. The van der Waals surface area contributed by atoms with Crippen LogP contribution in [0.1, 0.15) is 6.92 Å². The van der Waals surface area contributed by atoms with E-state index >= 15 is 0 Å². The second-order valence-corrected chi connectivity index (χ2v) is 10.8. The van der Waals surface area contributed by atoms with Gasteiger partial charge >= 0.3 is 34.5 Å². The zero-order valence-corrected chi connectivity index (χ0v) is 12.4. The third kappa shape index (κ3) is 24.6. The number of aliphatic hydroxyl groups excluding tert-OH is 1. The van der Waals surface area contributed by atoms with E-state index in [0.717, 1.165) is 0 Å². The van der Waals surface area contributed by atoms with Crippen LogP contribution in [0, 0.1) is 0 Å². The van der Waals surface area contributed by atoms with Gasteiger partial charge in [0.15, 0.2) is 0 Å². The van der Waals surface area contributed by atoms with Gasteiger partial charge in [0.2, 0.25) is 0 Å². The first-order chi connectivity index (χ1) is 4.83. The van der Waals surface area contributed by atoms with Crippen molar-refractivity contribution in [2.24, 2.45) is 0 Å². The van der Waals surface area contributed by atoms with Crippen molar-refractivity contribution in [3.05, 3.63) is 0 Å². The number of aliphatic hydroxyl groups is 1. The molecule has 6 heteroatoms. The van der Waals surface area contributed by atoms with Gasteiger partial charge in [0.05, 0.1) is 13.2 Å². The van der Waals surface area contributed by atoms with Crippen molar-refractivity contribution in [2.45, 2.75) is 13.0 Å². The van der Waals surface area contributed by atoms with Gasteiger partial charge < -0.3 is 9.67 Å². The molecule has 0 aliphatic heterocycles. The first-order valence-electron chi connectivity index (χ1n) is 3.17. The van der Waals surface area contributed by atoms with Gasteiger partial charge in [0, 0.05) is 6.16 Å². The average Bonchev–Trinajstić information content (AvgIpc) is 1.57. The summed E-state index contributed by atoms with van der Waals surface area (Å²) in [5.74, 6) is 0. The molecule has 0 aromatic heterocycles. The second-order valence-electron chi connectivity index (χ2n) is 2.71. The van der Waals surface area contributed by atoms with Crippen molar-refractivity contribution in [1.82, 2.24) is 0 Å². The van der Waals surface area contributed by atoms with E-state index in [9.17, 15) is 4.57 Å². The Kier molecular flexibility index (Phi) is 10.8. The standard InChI is InChI=1S/C5H13O2P.2ClH.Zn/c1-5(6)4-8(2,3)7;;;/h5-6H,4H2,1-3H3;2*1H;/q;;;+2/p-2/t5-;;;/m1.../s1. The summed E-state index contributed by atoms with van der Waals surface area (Å²) in [5.41, 5.74) is 0. The second kappa shape index (κ2) is 8.01. The summed E-state index contributed by atoms with van der Waals surface area (Å²) >= 11 is -0.931. The van der Waals surface area contributed by atoms with Gasteiger partial charge in [-0.15, -0.1) is 0 Å². The zero-order chi connectivity index (χ0) is 9.49. The summed E-state index contributed by atoms with van der Waals surface area (Å²) in [7, 11) is 7.93. The molecule has 0 spiro atoms. The summed E-state index contributed by atoms with van der Waals surface area (Å²) in [5, 5.41) is 8.72. The van der Waals surface area contributed by atoms with E-state index in [1.807, 2.05) is 0 Å². The Hall–Kier alpha value is 1.39. The van der Waals surface area contributed by atoms with Gasteiger partial charge in [-0.3, -0.25) is 0 Å². The van der Waals surface area contributed by atoms with Crippen LogP contribution in [0.5, 0.6) is 0 Å². The fraction of sp³-hybridized carbons (Fsp3) is 1.00. The van der Waals surface area contributed by atoms with Crippen LogP contribution >= 0.6 is 26.5 Å². The third-order valence-electron chi connectivity index (χ3n) is 0.704. The van der Waals surface area contributed by atoms with Gasteiger partial charge in [0.1, 0.15) is 0 Å². The maximum absolute atomic E-state index is 10.9. The summed E-state index contributed by atoms with van der Waals surface area (Å²) in [6, 6.07) is 0. The van der Waals surface area contributed by atoms with E-state index < -0.39 is 28.4 Å². The van der Waals surface area contributed by atoms with Crippen molar-refractivity contribution < 1.29 is 24.8 Å². The van der Waals surface area contributed by atoms with Crippen LogP contribution < -0.4 is 0 Å². The molecular formula is C5H13Cl2O2PZn. The predicted molar refractivity (Wildman–Crippen MR) is 47.7 cm³/mol. The Morgan fingerprint density at radius 1 is 1.55 bits per heavy atom. The molecule has 0 amide bonds. The molecule has 0 heterocycles. The van der Waals surface area contributed by atoms with Crippen molar-refractivity contribution in [1.29, 1.82) is 0 Å². The Bertz CT molecular complexity index is 126. The SMILES string of the molecule is C[C@@H](O)CP(C)(C)=O.[Cl][Zn][Cl]. The van der Waals surface area contributed by atoms with Crippen LogP contribution in [0.25, 0.3) is 0 Å². The summed E-state index contributed by atoms with van der Waals surface area (Å²) < 4.78 is 10.9. The van der Waals surface area contributed by atoms with Crippen LogP contribution in [0.4, 0.5) is 0 Å². The quantitative estimate of drug-likeness (QED) is 0.619. The maximum atomic E-state index is 10.9. The molecule has 0 saturated carbocycles. The van der Waals surface area contributed by atoms with Crippen molar-refractivity contribution in [2.75, 3.05) is 19.5 Å². The molecule has 0 aromatic carbocycles. The molecule has 0 aromatic rings. The van der Waals surface area contributed by atoms with Crippen LogP contribution in [-0.2, 0) is 19.7 Å². The molecule has 0 aliphatic rings. The normalized spacial score (nSPS) is 12.5. The fourth-order valence-electron chi connectivity index (χ4n) is 0.636. The molecule has 0 aliphatic carbocycles. The van der Waals surface area contributed by atoms with Crippen molar-refractivity contribution in [3.63, 3.8) is 0 Å². The van der Waals surface area contributed by atoms with Gasteiger partial charge in [-0.05, 0) is 20.3 Å². The topological polar surface area (TPSA) is 37.3 Å². The number of hydrogen-bond donors (Lipinski definition) is 1. The molecule has 0 saturated heterocycles. The van der Waals surface area contributed by atoms with Gasteiger partial charge in [-0.1, -0.05) is 0 Å². The van der Waals surface area contributed by atoms with E-state index in [1.165, 1.54) is 0 Å². The van der Waals surface area contributed by atoms with E-state index in [-0.39, 0.29) is 0 Å². The summed E-state index contributed by atoms with van der Waals surface area (Å²) in [6.07, 6.45) is 0.0170. The summed E-state index contributed by atoms with van der Waals surface area (Å²) in [4.78, 5) is 0. The molecule has 1 atom stereocenters. The molecule has 0 fully saturated rings. The van der Waals surface area contributed by atoms with Gasteiger partial charge in [-0.2, -0.15) is 0 Å². The number of hydrogen-bond acceptors (Lipinski definition) is 2. The predicted octanol–water partition coefficient (Wildman–Crippen LogP) is 2.37.